The van der Waals surface area contributed by atoms with Gasteiger partial charge >= 0.3 is 0 Å². The van der Waals surface area contributed by atoms with E-state index >= 15 is 0 Å². The molecular weight excluding hydrogens is 637 g/mol. The van der Waals surface area contributed by atoms with Crippen molar-refractivity contribution in [3.05, 3.63) is 182 Å². The van der Waals surface area contributed by atoms with Gasteiger partial charge in [0, 0.05) is 53.1 Å². The van der Waals surface area contributed by atoms with E-state index in [-0.39, 0.29) is 0 Å². The minimum Gasteiger partial charge on any atom is -0.309 e. The first-order valence-corrected chi connectivity index (χ1v) is 18.3. The zero-order valence-electron chi connectivity index (χ0n) is 27.6. The van der Waals surface area contributed by atoms with Gasteiger partial charge in [-0.25, -0.2) is 0 Å². The van der Waals surface area contributed by atoms with E-state index in [0.717, 1.165) is 5.69 Å². The highest BCUT2D eigenvalue weighted by atomic mass is 32.1. The van der Waals surface area contributed by atoms with Crippen LogP contribution < -0.4 is 0 Å². The quantitative estimate of drug-likeness (QED) is 0.177. The van der Waals surface area contributed by atoms with Crippen LogP contribution in [-0.2, 0) is 0 Å². The standard InChI is InChI=1S/C48H30N2S/c1-2-11-31(12-3-1)32-21-23-33(24-22-32)34-13-10-14-35(29-34)49-41-18-7-4-16-38(41)47-43(49)26-27-44-48(47)39-17-5-8-19-42(39)50(44)36-25-28-46-40(30-36)37-15-6-9-20-45(37)51-46/h1-30H. The van der Waals surface area contributed by atoms with Gasteiger partial charge in [0.25, 0.3) is 0 Å². The maximum Gasteiger partial charge on any atom is 0.0548 e. The summed E-state index contributed by atoms with van der Waals surface area (Å²) in [6.45, 7) is 0. The lowest BCUT2D eigenvalue weighted by Crippen LogP contribution is -1.95. The molecule has 11 aromatic rings. The predicted molar refractivity (Wildman–Crippen MR) is 219 cm³/mol. The van der Waals surface area contributed by atoms with E-state index < -0.39 is 0 Å². The Balaban J connectivity index is 1.13. The molecule has 3 aromatic heterocycles. The number of nitrogens with zero attached hydrogens (tertiary/aromatic N) is 2. The first-order valence-electron chi connectivity index (χ1n) is 17.4. The smallest absolute Gasteiger partial charge is 0.0548 e. The Kier molecular flexibility index (Phi) is 6.16. The lowest BCUT2D eigenvalue weighted by atomic mass is 10.00. The van der Waals surface area contributed by atoms with Crippen molar-refractivity contribution in [1.29, 1.82) is 0 Å². The molecule has 0 unspecified atom stereocenters. The van der Waals surface area contributed by atoms with Crippen LogP contribution in [0.5, 0.6) is 0 Å². The average molecular weight is 667 g/mol. The Morgan fingerprint density at radius 3 is 1.49 bits per heavy atom. The van der Waals surface area contributed by atoms with Crippen molar-refractivity contribution in [3.8, 4) is 33.6 Å². The Labute approximate surface area is 298 Å². The fraction of sp³-hybridized carbons (Fsp3) is 0. The highest BCUT2D eigenvalue weighted by molar-refractivity contribution is 7.25. The van der Waals surface area contributed by atoms with Crippen LogP contribution in [0.15, 0.2) is 182 Å². The Morgan fingerprint density at radius 1 is 0.294 bits per heavy atom. The number of aromatic nitrogens is 2. The van der Waals surface area contributed by atoms with Crippen LogP contribution in [0.4, 0.5) is 0 Å². The van der Waals surface area contributed by atoms with Crippen LogP contribution in [-0.4, -0.2) is 9.13 Å². The molecule has 8 aromatic carbocycles. The molecule has 3 heteroatoms. The molecule has 0 spiro atoms. The molecule has 11 rings (SSSR count). The summed E-state index contributed by atoms with van der Waals surface area (Å²) >= 11 is 1.87. The van der Waals surface area contributed by atoms with E-state index in [4.69, 9.17) is 0 Å². The zero-order chi connectivity index (χ0) is 33.5. The van der Waals surface area contributed by atoms with Gasteiger partial charge in [0.2, 0.25) is 0 Å². The Hall–Kier alpha value is -6.42. The van der Waals surface area contributed by atoms with Gasteiger partial charge in [-0.1, -0.05) is 121 Å². The third-order valence-electron chi connectivity index (χ3n) is 10.5. The highest BCUT2D eigenvalue weighted by Gasteiger charge is 2.21. The van der Waals surface area contributed by atoms with Gasteiger partial charge in [0.15, 0.2) is 0 Å². The third kappa shape index (κ3) is 4.29. The second-order valence-corrected chi connectivity index (χ2v) is 14.4. The zero-order valence-corrected chi connectivity index (χ0v) is 28.4. The summed E-state index contributed by atoms with van der Waals surface area (Å²) in [4.78, 5) is 0. The molecule has 0 fully saturated rings. The van der Waals surface area contributed by atoms with E-state index in [1.807, 2.05) is 11.3 Å². The molecule has 0 bridgehead atoms. The number of fused-ring (bicyclic) bond motifs is 10. The molecule has 0 radical (unpaired) electrons. The molecular formula is C48H30N2S. The fourth-order valence-electron chi connectivity index (χ4n) is 8.24. The number of benzene rings is 8. The minimum absolute atomic E-state index is 1.16. The summed E-state index contributed by atoms with van der Waals surface area (Å²) in [5.74, 6) is 0. The van der Waals surface area contributed by atoms with Crippen LogP contribution in [0.2, 0.25) is 0 Å². The number of para-hydroxylation sites is 2. The number of thiophene rings is 1. The Morgan fingerprint density at radius 2 is 0.804 bits per heavy atom. The molecule has 0 N–H and O–H groups in total. The molecule has 2 nitrogen and oxygen atoms in total. The minimum atomic E-state index is 1.16. The van der Waals surface area contributed by atoms with Gasteiger partial charge in [-0.2, -0.15) is 0 Å². The van der Waals surface area contributed by atoms with Gasteiger partial charge < -0.3 is 9.13 Å². The Bertz CT molecular complexity index is 3120. The third-order valence-corrected chi connectivity index (χ3v) is 11.7. The summed E-state index contributed by atoms with van der Waals surface area (Å²) in [7, 11) is 0. The molecule has 51 heavy (non-hydrogen) atoms. The maximum absolute atomic E-state index is 2.46. The summed E-state index contributed by atoms with van der Waals surface area (Å²) in [6.07, 6.45) is 0. The lowest BCUT2D eigenvalue weighted by molar-refractivity contribution is 1.17. The van der Waals surface area contributed by atoms with Crippen molar-refractivity contribution < 1.29 is 0 Å². The molecule has 0 amide bonds. The number of hydrogen-bond donors (Lipinski definition) is 0. The van der Waals surface area contributed by atoms with Gasteiger partial charge in [-0.15, -0.1) is 11.3 Å². The summed E-state index contributed by atoms with van der Waals surface area (Å²) in [6, 6.07) is 66.6. The van der Waals surface area contributed by atoms with Crippen molar-refractivity contribution in [2.75, 3.05) is 0 Å². The van der Waals surface area contributed by atoms with Crippen molar-refractivity contribution in [1.82, 2.24) is 9.13 Å². The first-order chi connectivity index (χ1) is 25.3. The second kappa shape index (κ2) is 11.0. The van der Waals surface area contributed by atoms with Crippen molar-refractivity contribution in [2.45, 2.75) is 0 Å². The molecule has 3 heterocycles. The molecule has 0 aliphatic rings. The molecule has 0 atom stereocenters. The monoisotopic (exact) mass is 666 g/mol. The summed E-state index contributed by atoms with van der Waals surface area (Å²) in [5.41, 5.74) is 12.1. The highest BCUT2D eigenvalue weighted by Crippen LogP contribution is 2.43. The SMILES string of the molecule is c1ccc(-c2ccc(-c3cccc(-n4c5ccccc5c5c6c7ccccc7n(-c7ccc8sc9ccccc9c8c7)c6ccc54)c3)cc2)cc1. The fourth-order valence-corrected chi connectivity index (χ4v) is 9.32. The van der Waals surface area contributed by atoms with Crippen molar-refractivity contribution >= 4 is 75.1 Å². The van der Waals surface area contributed by atoms with Crippen molar-refractivity contribution in [3.63, 3.8) is 0 Å². The molecule has 0 aliphatic carbocycles. The molecule has 238 valence electrons. The number of hydrogen-bond acceptors (Lipinski definition) is 1. The normalized spacial score (nSPS) is 11.9. The topological polar surface area (TPSA) is 9.86 Å². The van der Waals surface area contributed by atoms with Crippen LogP contribution in [0.25, 0.3) is 97.4 Å². The average Bonchev–Trinajstić information content (AvgIpc) is 3.85. The van der Waals surface area contributed by atoms with Crippen LogP contribution in [0, 0.1) is 0 Å². The first kappa shape index (κ1) is 28.4. The van der Waals surface area contributed by atoms with Gasteiger partial charge in [0.1, 0.15) is 0 Å². The van der Waals surface area contributed by atoms with Gasteiger partial charge in [0.05, 0.1) is 22.1 Å². The van der Waals surface area contributed by atoms with Crippen LogP contribution in [0.1, 0.15) is 0 Å². The van der Waals surface area contributed by atoms with E-state index in [9.17, 15) is 0 Å². The van der Waals surface area contributed by atoms with E-state index in [1.54, 1.807) is 0 Å². The van der Waals surface area contributed by atoms with Gasteiger partial charge in [-0.3, -0.25) is 0 Å². The van der Waals surface area contributed by atoms with Crippen LogP contribution >= 0.6 is 11.3 Å². The van der Waals surface area contributed by atoms with E-state index in [0.29, 0.717) is 0 Å². The largest absolute Gasteiger partial charge is 0.309 e. The summed E-state index contributed by atoms with van der Waals surface area (Å²) in [5, 5.41) is 7.74. The van der Waals surface area contributed by atoms with Crippen molar-refractivity contribution in [2.24, 2.45) is 0 Å². The molecule has 0 aliphatic heterocycles. The number of rotatable bonds is 4. The van der Waals surface area contributed by atoms with Gasteiger partial charge in [-0.05, 0) is 82.9 Å². The lowest BCUT2D eigenvalue weighted by Gasteiger charge is -2.11. The van der Waals surface area contributed by atoms with E-state index in [2.05, 4.69) is 191 Å². The molecule has 0 saturated heterocycles. The van der Waals surface area contributed by atoms with Crippen LogP contribution in [0.3, 0.4) is 0 Å². The maximum atomic E-state index is 2.46. The van der Waals surface area contributed by atoms with E-state index in [1.165, 1.54) is 91.7 Å². The summed E-state index contributed by atoms with van der Waals surface area (Å²) < 4.78 is 7.55. The second-order valence-electron chi connectivity index (χ2n) is 13.3. The molecule has 0 saturated carbocycles. The predicted octanol–water partition coefficient (Wildman–Crippen LogP) is 13.6.